The van der Waals surface area contributed by atoms with Crippen LogP contribution in [0.25, 0.3) is 0 Å². The van der Waals surface area contributed by atoms with Crippen molar-refractivity contribution >= 4 is 5.91 Å². The molecule has 0 saturated carbocycles. The fraction of sp³-hybridized carbons (Fsp3) is 0.643. The van der Waals surface area contributed by atoms with Crippen LogP contribution in [0, 0.1) is 17.2 Å². The predicted molar refractivity (Wildman–Crippen MR) is 74.5 cm³/mol. The minimum absolute atomic E-state index is 0.0163. The van der Waals surface area contributed by atoms with Gasteiger partial charge in [-0.1, -0.05) is 6.92 Å². The van der Waals surface area contributed by atoms with Crippen LogP contribution in [-0.2, 0) is 11.3 Å². The Hall–Kier alpha value is -1.87. The molecule has 0 aromatic carbocycles. The second-order valence-electron chi connectivity index (χ2n) is 5.45. The fourth-order valence-corrected chi connectivity index (χ4v) is 2.45. The van der Waals surface area contributed by atoms with E-state index in [-0.39, 0.29) is 5.91 Å². The van der Waals surface area contributed by atoms with Gasteiger partial charge >= 0.3 is 0 Å². The number of carbonyl (C=O) groups is 1. The van der Waals surface area contributed by atoms with Crippen molar-refractivity contribution in [2.75, 3.05) is 13.1 Å². The van der Waals surface area contributed by atoms with Gasteiger partial charge in [0.1, 0.15) is 11.8 Å². The highest BCUT2D eigenvalue weighted by atomic mass is 16.2. The van der Waals surface area contributed by atoms with Crippen LogP contribution in [0.2, 0.25) is 0 Å². The van der Waals surface area contributed by atoms with Gasteiger partial charge in [0, 0.05) is 19.6 Å². The van der Waals surface area contributed by atoms with Gasteiger partial charge in [-0.05, 0) is 31.2 Å². The first kappa shape index (κ1) is 14.5. The average Bonchev–Trinajstić information content (AvgIpc) is 2.92. The Morgan fingerprint density at radius 3 is 2.95 bits per heavy atom. The van der Waals surface area contributed by atoms with E-state index in [2.05, 4.69) is 18.1 Å². The van der Waals surface area contributed by atoms with Crippen molar-refractivity contribution in [2.24, 2.45) is 11.7 Å². The van der Waals surface area contributed by atoms with Crippen molar-refractivity contribution in [3.05, 3.63) is 18.0 Å². The maximum Gasteiger partial charge on any atom is 0.239 e. The molecule has 1 aliphatic rings. The summed E-state index contributed by atoms with van der Waals surface area (Å²) in [6.07, 6.45) is 4.19. The first-order valence-electron chi connectivity index (χ1n) is 7.08. The van der Waals surface area contributed by atoms with Crippen molar-refractivity contribution in [1.82, 2.24) is 14.7 Å². The SMILES string of the molecule is CC1CCN(C(=O)C(N)CCn2nccc2C#N)CC1. The Kier molecular flexibility index (Phi) is 4.74. The molecule has 2 heterocycles. The minimum atomic E-state index is -0.515. The van der Waals surface area contributed by atoms with Crippen LogP contribution < -0.4 is 5.73 Å². The summed E-state index contributed by atoms with van der Waals surface area (Å²) >= 11 is 0. The van der Waals surface area contributed by atoms with Crippen LogP contribution in [0.3, 0.4) is 0 Å². The molecule has 0 aliphatic carbocycles. The zero-order valence-electron chi connectivity index (χ0n) is 11.8. The third-order valence-corrected chi connectivity index (χ3v) is 3.90. The summed E-state index contributed by atoms with van der Waals surface area (Å²) in [7, 11) is 0. The lowest BCUT2D eigenvalue weighted by Crippen LogP contribution is -2.47. The van der Waals surface area contributed by atoms with Crippen LogP contribution in [0.1, 0.15) is 31.9 Å². The number of amides is 1. The molecule has 2 N–H and O–H groups in total. The quantitative estimate of drug-likeness (QED) is 0.877. The van der Waals surface area contributed by atoms with E-state index < -0.39 is 6.04 Å². The van der Waals surface area contributed by atoms with Crippen molar-refractivity contribution in [3.8, 4) is 6.07 Å². The molecule has 0 bridgehead atoms. The van der Waals surface area contributed by atoms with E-state index >= 15 is 0 Å². The number of hydrogen-bond donors (Lipinski definition) is 1. The smallest absolute Gasteiger partial charge is 0.239 e. The fourth-order valence-electron chi connectivity index (χ4n) is 2.45. The summed E-state index contributed by atoms with van der Waals surface area (Å²) < 4.78 is 1.59. The number of aryl methyl sites for hydroxylation is 1. The standard InChI is InChI=1S/C14H21N5O/c1-11-3-7-18(8-4-11)14(20)13(16)5-9-19-12(10-15)2-6-17-19/h2,6,11,13H,3-5,7-9,16H2,1H3. The second kappa shape index (κ2) is 6.53. The van der Waals surface area contributed by atoms with Crippen LogP contribution in [0.4, 0.5) is 0 Å². The molecule has 1 aromatic heterocycles. The van der Waals surface area contributed by atoms with Gasteiger partial charge in [-0.3, -0.25) is 9.48 Å². The largest absolute Gasteiger partial charge is 0.341 e. The lowest BCUT2D eigenvalue weighted by molar-refractivity contribution is -0.134. The van der Waals surface area contributed by atoms with Crippen molar-refractivity contribution in [3.63, 3.8) is 0 Å². The second-order valence-corrected chi connectivity index (χ2v) is 5.45. The number of piperidine rings is 1. The molecule has 6 nitrogen and oxygen atoms in total. The Morgan fingerprint density at radius 2 is 2.30 bits per heavy atom. The normalized spacial score (nSPS) is 17.8. The first-order valence-corrected chi connectivity index (χ1v) is 7.08. The molecule has 1 amide bonds. The number of rotatable bonds is 4. The molecule has 20 heavy (non-hydrogen) atoms. The maximum atomic E-state index is 12.2. The number of hydrogen-bond acceptors (Lipinski definition) is 4. The van der Waals surface area contributed by atoms with E-state index in [1.54, 1.807) is 16.9 Å². The van der Waals surface area contributed by atoms with Crippen LogP contribution >= 0.6 is 0 Å². The van der Waals surface area contributed by atoms with Gasteiger partial charge in [0.25, 0.3) is 0 Å². The Labute approximate surface area is 119 Å². The van der Waals surface area contributed by atoms with Crippen molar-refractivity contribution < 1.29 is 4.79 Å². The highest BCUT2D eigenvalue weighted by Gasteiger charge is 2.24. The summed E-state index contributed by atoms with van der Waals surface area (Å²) in [4.78, 5) is 14.1. The van der Waals surface area contributed by atoms with E-state index in [0.29, 0.717) is 24.6 Å². The summed E-state index contributed by atoms with van der Waals surface area (Å²) in [6, 6.07) is 3.20. The molecule has 1 unspecified atom stereocenters. The molecule has 1 saturated heterocycles. The van der Waals surface area contributed by atoms with E-state index in [4.69, 9.17) is 11.0 Å². The van der Waals surface area contributed by atoms with Gasteiger partial charge in [0.15, 0.2) is 0 Å². The van der Waals surface area contributed by atoms with Gasteiger partial charge in [-0.15, -0.1) is 0 Å². The predicted octanol–water partition coefficient (Wildman–Crippen LogP) is 0.731. The molecule has 1 atom stereocenters. The maximum absolute atomic E-state index is 12.2. The third kappa shape index (κ3) is 3.36. The summed E-state index contributed by atoms with van der Waals surface area (Å²) in [5.41, 5.74) is 6.47. The highest BCUT2D eigenvalue weighted by molar-refractivity contribution is 5.81. The van der Waals surface area contributed by atoms with Crippen molar-refractivity contribution in [2.45, 2.75) is 38.8 Å². The lowest BCUT2D eigenvalue weighted by Gasteiger charge is -2.32. The Balaban J connectivity index is 1.84. The molecule has 1 fully saturated rings. The summed E-state index contributed by atoms with van der Waals surface area (Å²) in [5.74, 6) is 0.708. The number of aromatic nitrogens is 2. The zero-order chi connectivity index (χ0) is 14.5. The molecule has 1 aromatic rings. The number of carbonyl (C=O) groups excluding carboxylic acids is 1. The average molecular weight is 275 g/mol. The first-order chi connectivity index (χ1) is 9.61. The van der Waals surface area contributed by atoms with Gasteiger partial charge in [-0.25, -0.2) is 0 Å². The van der Waals surface area contributed by atoms with Gasteiger partial charge < -0.3 is 10.6 Å². The number of nitriles is 1. The van der Waals surface area contributed by atoms with Crippen LogP contribution in [0.15, 0.2) is 12.3 Å². The Morgan fingerprint density at radius 1 is 1.60 bits per heavy atom. The highest BCUT2D eigenvalue weighted by Crippen LogP contribution is 2.16. The third-order valence-electron chi connectivity index (χ3n) is 3.90. The minimum Gasteiger partial charge on any atom is -0.341 e. The van der Waals surface area contributed by atoms with Gasteiger partial charge in [0.05, 0.1) is 12.2 Å². The molecule has 1 aliphatic heterocycles. The molecule has 108 valence electrons. The van der Waals surface area contributed by atoms with Crippen LogP contribution in [-0.4, -0.2) is 39.7 Å². The summed E-state index contributed by atoms with van der Waals surface area (Å²) in [6.45, 7) is 4.31. The van der Waals surface area contributed by atoms with E-state index in [0.717, 1.165) is 25.9 Å². The molecular formula is C14H21N5O. The number of nitrogens with two attached hydrogens (primary N) is 1. The number of nitrogens with zero attached hydrogens (tertiary/aromatic N) is 4. The molecule has 2 rings (SSSR count). The zero-order valence-corrected chi connectivity index (χ0v) is 11.8. The number of likely N-dealkylation sites (tertiary alicyclic amines) is 1. The van der Waals surface area contributed by atoms with E-state index in [9.17, 15) is 4.79 Å². The lowest BCUT2D eigenvalue weighted by atomic mass is 9.98. The van der Waals surface area contributed by atoms with Gasteiger partial charge in [-0.2, -0.15) is 10.4 Å². The topological polar surface area (TPSA) is 87.9 Å². The van der Waals surface area contributed by atoms with Crippen molar-refractivity contribution in [1.29, 1.82) is 5.26 Å². The summed E-state index contributed by atoms with van der Waals surface area (Å²) in [5, 5.41) is 12.9. The van der Waals surface area contributed by atoms with E-state index in [1.807, 2.05) is 4.90 Å². The molecular weight excluding hydrogens is 254 g/mol. The molecule has 0 spiro atoms. The molecule has 6 heteroatoms. The van der Waals surface area contributed by atoms with Crippen LogP contribution in [0.5, 0.6) is 0 Å². The molecule has 0 radical (unpaired) electrons. The Bertz CT molecular complexity index is 496. The van der Waals surface area contributed by atoms with Gasteiger partial charge in [0.2, 0.25) is 5.91 Å². The van der Waals surface area contributed by atoms with E-state index in [1.165, 1.54) is 0 Å². The monoisotopic (exact) mass is 275 g/mol.